The third kappa shape index (κ3) is 5.35. The van der Waals surface area contributed by atoms with Gasteiger partial charge < -0.3 is 15.4 Å². The summed E-state index contributed by atoms with van der Waals surface area (Å²) in [6.45, 7) is 7.86. The van der Waals surface area contributed by atoms with Crippen molar-refractivity contribution < 1.29 is 13.2 Å². The highest BCUT2D eigenvalue weighted by atomic mass is 32.2. The van der Waals surface area contributed by atoms with Crippen LogP contribution in [0.3, 0.4) is 0 Å². The number of aliphatic imine (C=N–C) groups is 1. The number of nitrogens with zero attached hydrogens (tertiary/aromatic N) is 2. The maximum absolute atomic E-state index is 12.7. The smallest absolute Gasteiger partial charge is 0.236 e. The maximum atomic E-state index is 12.7. The summed E-state index contributed by atoms with van der Waals surface area (Å²) in [6.07, 6.45) is 0.763. The second-order valence-corrected chi connectivity index (χ2v) is 8.87. The minimum atomic E-state index is -3.37. The van der Waals surface area contributed by atoms with E-state index in [0.717, 1.165) is 17.7 Å². The summed E-state index contributed by atoms with van der Waals surface area (Å²) in [5, 5.41) is 6.22. The number of anilines is 1. The Morgan fingerprint density at radius 3 is 2.73 bits per heavy atom. The van der Waals surface area contributed by atoms with E-state index < -0.39 is 10.0 Å². The van der Waals surface area contributed by atoms with Crippen LogP contribution in [0.5, 0.6) is 0 Å². The third-order valence-electron chi connectivity index (χ3n) is 4.35. The summed E-state index contributed by atoms with van der Waals surface area (Å²) in [5.74, 6) is 0.606. The van der Waals surface area contributed by atoms with Crippen LogP contribution in [-0.4, -0.2) is 59.0 Å². The highest BCUT2D eigenvalue weighted by molar-refractivity contribution is 7.92. The molecule has 26 heavy (non-hydrogen) atoms. The van der Waals surface area contributed by atoms with Crippen molar-refractivity contribution in [1.82, 2.24) is 10.6 Å². The van der Waals surface area contributed by atoms with Gasteiger partial charge in [-0.15, -0.1) is 0 Å². The Morgan fingerprint density at radius 1 is 1.31 bits per heavy atom. The summed E-state index contributed by atoms with van der Waals surface area (Å²) in [4.78, 5) is 4.47. The van der Waals surface area contributed by atoms with Gasteiger partial charge >= 0.3 is 0 Å². The SMILES string of the molecule is CCNC(=NCC(C)(C)OC)NCCS(=O)(=O)N1CCc2ccccc21. The summed E-state index contributed by atoms with van der Waals surface area (Å²) in [6, 6.07) is 7.66. The molecule has 0 aromatic heterocycles. The molecule has 0 unspecified atom stereocenters. The Labute approximate surface area is 156 Å². The Kier molecular flexibility index (Phi) is 6.88. The normalized spacial score (nSPS) is 15.1. The van der Waals surface area contributed by atoms with Crippen molar-refractivity contribution in [1.29, 1.82) is 0 Å². The summed E-state index contributed by atoms with van der Waals surface area (Å²) >= 11 is 0. The molecule has 1 aliphatic heterocycles. The number of para-hydroxylation sites is 1. The van der Waals surface area contributed by atoms with Crippen LogP contribution in [0.1, 0.15) is 26.3 Å². The highest BCUT2D eigenvalue weighted by Gasteiger charge is 2.28. The van der Waals surface area contributed by atoms with Crippen LogP contribution < -0.4 is 14.9 Å². The molecule has 0 saturated heterocycles. The molecule has 8 heteroatoms. The van der Waals surface area contributed by atoms with E-state index in [1.807, 2.05) is 45.0 Å². The fourth-order valence-corrected chi connectivity index (χ4v) is 4.11. The summed E-state index contributed by atoms with van der Waals surface area (Å²) < 4.78 is 32.3. The number of hydrogen-bond acceptors (Lipinski definition) is 4. The molecule has 0 bridgehead atoms. The van der Waals surface area contributed by atoms with Gasteiger partial charge in [-0.1, -0.05) is 18.2 Å². The number of ether oxygens (including phenoxy) is 1. The third-order valence-corrected chi connectivity index (χ3v) is 6.12. The van der Waals surface area contributed by atoms with E-state index in [1.165, 1.54) is 4.31 Å². The first-order valence-electron chi connectivity index (χ1n) is 8.95. The van der Waals surface area contributed by atoms with Crippen LogP contribution in [0.15, 0.2) is 29.3 Å². The number of nitrogens with one attached hydrogen (secondary N) is 2. The number of sulfonamides is 1. The number of fused-ring (bicyclic) bond motifs is 1. The number of guanidine groups is 1. The van der Waals surface area contributed by atoms with Gasteiger partial charge in [0.25, 0.3) is 0 Å². The van der Waals surface area contributed by atoms with Crippen LogP contribution in [0.2, 0.25) is 0 Å². The quantitative estimate of drug-likeness (QED) is 0.524. The minimum absolute atomic E-state index is 0.0133. The monoisotopic (exact) mass is 382 g/mol. The zero-order chi connectivity index (χ0) is 19.2. The van der Waals surface area contributed by atoms with Gasteiger partial charge in [0.15, 0.2) is 5.96 Å². The highest BCUT2D eigenvalue weighted by Crippen LogP contribution is 2.29. The Hall–Kier alpha value is -1.80. The molecule has 0 atom stereocenters. The molecule has 1 aromatic carbocycles. The van der Waals surface area contributed by atoms with Crippen molar-refractivity contribution in [2.24, 2.45) is 4.99 Å². The molecule has 0 amide bonds. The van der Waals surface area contributed by atoms with E-state index in [0.29, 0.717) is 32.1 Å². The molecule has 1 aliphatic rings. The van der Waals surface area contributed by atoms with Gasteiger partial charge in [-0.05, 0) is 38.8 Å². The molecule has 0 fully saturated rings. The van der Waals surface area contributed by atoms with E-state index >= 15 is 0 Å². The lowest BCUT2D eigenvalue weighted by Crippen LogP contribution is -2.42. The minimum Gasteiger partial charge on any atom is -0.377 e. The number of hydrogen-bond donors (Lipinski definition) is 2. The van der Waals surface area contributed by atoms with Crippen molar-refractivity contribution >= 4 is 21.7 Å². The van der Waals surface area contributed by atoms with E-state index in [-0.39, 0.29) is 11.4 Å². The molecule has 0 radical (unpaired) electrons. The topological polar surface area (TPSA) is 83.0 Å². The molecular formula is C18H30N4O3S. The van der Waals surface area contributed by atoms with Crippen LogP contribution in [-0.2, 0) is 21.2 Å². The van der Waals surface area contributed by atoms with Crippen molar-refractivity contribution in [3.8, 4) is 0 Å². The fraction of sp³-hybridized carbons (Fsp3) is 0.611. The molecule has 1 aromatic rings. The van der Waals surface area contributed by atoms with Crippen molar-refractivity contribution in [3.05, 3.63) is 29.8 Å². The standard InChI is InChI=1S/C18H30N4O3S/c1-5-19-17(21-14-18(2,3)25-4)20-11-13-26(23,24)22-12-10-15-8-6-7-9-16(15)22/h6-9H,5,10-14H2,1-4H3,(H2,19,20,21). The molecule has 146 valence electrons. The van der Waals surface area contributed by atoms with Crippen LogP contribution >= 0.6 is 0 Å². The largest absolute Gasteiger partial charge is 0.377 e. The predicted octanol–water partition coefficient (Wildman–Crippen LogP) is 1.36. The average molecular weight is 383 g/mol. The zero-order valence-corrected chi connectivity index (χ0v) is 16.9. The van der Waals surface area contributed by atoms with Crippen LogP contribution in [0, 0.1) is 0 Å². The van der Waals surface area contributed by atoms with Gasteiger partial charge in [-0.25, -0.2) is 8.42 Å². The van der Waals surface area contributed by atoms with Gasteiger partial charge in [0.05, 0.1) is 23.6 Å². The van der Waals surface area contributed by atoms with Gasteiger partial charge in [0.2, 0.25) is 10.0 Å². The predicted molar refractivity (Wildman–Crippen MR) is 106 cm³/mol. The van der Waals surface area contributed by atoms with Gasteiger partial charge in [-0.3, -0.25) is 9.30 Å². The van der Waals surface area contributed by atoms with Crippen molar-refractivity contribution in [3.63, 3.8) is 0 Å². The molecule has 2 rings (SSSR count). The molecule has 1 heterocycles. The Balaban J connectivity index is 1.95. The lowest BCUT2D eigenvalue weighted by Gasteiger charge is -2.22. The Morgan fingerprint density at radius 2 is 2.04 bits per heavy atom. The lowest BCUT2D eigenvalue weighted by atomic mass is 10.1. The molecule has 0 spiro atoms. The Bertz CT molecular complexity index is 732. The maximum Gasteiger partial charge on any atom is 0.236 e. The van der Waals surface area contributed by atoms with Crippen molar-refractivity contribution in [2.75, 3.05) is 43.3 Å². The average Bonchev–Trinajstić information content (AvgIpc) is 3.04. The van der Waals surface area contributed by atoms with E-state index in [9.17, 15) is 8.42 Å². The fourth-order valence-electron chi connectivity index (χ4n) is 2.68. The number of methoxy groups -OCH3 is 1. The van der Waals surface area contributed by atoms with E-state index in [1.54, 1.807) is 7.11 Å². The van der Waals surface area contributed by atoms with E-state index in [4.69, 9.17) is 4.74 Å². The van der Waals surface area contributed by atoms with Crippen LogP contribution in [0.25, 0.3) is 0 Å². The molecule has 0 aliphatic carbocycles. The van der Waals surface area contributed by atoms with Crippen molar-refractivity contribution in [2.45, 2.75) is 32.8 Å². The molecule has 7 nitrogen and oxygen atoms in total. The second-order valence-electron chi connectivity index (χ2n) is 6.85. The second kappa shape index (κ2) is 8.73. The molecular weight excluding hydrogens is 352 g/mol. The first-order valence-corrected chi connectivity index (χ1v) is 10.6. The summed E-state index contributed by atoms with van der Waals surface area (Å²) in [7, 11) is -1.72. The van der Waals surface area contributed by atoms with E-state index in [2.05, 4.69) is 15.6 Å². The number of benzene rings is 1. The summed E-state index contributed by atoms with van der Waals surface area (Å²) in [5.41, 5.74) is 1.52. The van der Waals surface area contributed by atoms with Gasteiger partial charge in [0, 0.05) is 26.7 Å². The zero-order valence-electron chi connectivity index (χ0n) is 16.1. The number of rotatable bonds is 8. The van der Waals surface area contributed by atoms with Gasteiger partial charge in [-0.2, -0.15) is 0 Å². The first kappa shape index (κ1) is 20.5. The molecule has 0 saturated carbocycles. The molecule has 2 N–H and O–H groups in total. The lowest BCUT2D eigenvalue weighted by molar-refractivity contribution is 0.0310. The first-order chi connectivity index (χ1) is 12.3. The van der Waals surface area contributed by atoms with Gasteiger partial charge in [0.1, 0.15) is 0 Å². The van der Waals surface area contributed by atoms with Crippen LogP contribution in [0.4, 0.5) is 5.69 Å².